The third-order valence-corrected chi connectivity index (χ3v) is 3.54. The number of thiophene rings is 1. The van der Waals surface area contributed by atoms with Crippen LogP contribution in [0.1, 0.15) is 25.0 Å². The Hall–Kier alpha value is -0.830. The molecule has 0 radical (unpaired) electrons. The summed E-state index contributed by atoms with van der Waals surface area (Å²) in [5.41, 5.74) is 2.70. The zero-order valence-electron chi connectivity index (χ0n) is 10.1. The van der Waals surface area contributed by atoms with Crippen LogP contribution in [0.4, 0.5) is 0 Å². The zero-order chi connectivity index (χ0) is 11.4. The van der Waals surface area contributed by atoms with Gasteiger partial charge in [-0.1, -0.05) is 30.3 Å². The molecule has 0 aliphatic heterocycles. The van der Waals surface area contributed by atoms with Crippen LogP contribution >= 0.6 is 23.7 Å². The van der Waals surface area contributed by atoms with Crippen LogP contribution in [0.2, 0.25) is 0 Å². The lowest BCUT2D eigenvalue weighted by Crippen LogP contribution is -2.35. The molecule has 0 aliphatic rings. The van der Waals surface area contributed by atoms with Crippen LogP contribution in [0.15, 0.2) is 47.2 Å². The van der Waals surface area contributed by atoms with E-state index in [1.54, 1.807) is 11.3 Å². The summed E-state index contributed by atoms with van der Waals surface area (Å²) in [6.07, 6.45) is 0. The molecule has 1 aromatic carbocycles. The number of benzene rings is 1. The molecule has 0 saturated heterocycles. The second-order valence-electron chi connectivity index (χ2n) is 4.48. The van der Waals surface area contributed by atoms with Crippen molar-refractivity contribution in [1.29, 1.82) is 0 Å². The zero-order valence-corrected chi connectivity index (χ0v) is 11.8. The van der Waals surface area contributed by atoms with Gasteiger partial charge in [-0.3, -0.25) is 0 Å². The molecule has 3 heteroatoms. The lowest BCUT2D eigenvalue weighted by Gasteiger charge is -2.27. The molecule has 0 fully saturated rings. The van der Waals surface area contributed by atoms with Gasteiger partial charge in [-0.2, -0.15) is 11.3 Å². The highest BCUT2D eigenvalue weighted by Gasteiger charge is 2.18. The molecule has 0 atom stereocenters. The van der Waals surface area contributed by atoms with Gasteiger partial charge in [-0.25, -0.2) is 0 Å². The van der Waals surface area contributed by atoms with Gasteiger partial charge in [0.2, 0.25) is 0 Å². The number of halogens is 1. The van der Waals surface area contributed by atoms with Crippen LogP contribution in [0.25, 0.3) is 0 Å². The first-order chi connectivity index (χ1) is 7.68. The van der Waals surface area contributed by atoms with Gasteiger partial charge < -0.3 is 5.32 Å². The molecule has 0 bridgehead atoms. The van der Waals surface area contributed by atoms with Crippen LogP contribution in [0.3, 0.4) is 0 Å². The van der Waals surface area contributed by atoms with E-state index in [1.807, 2.05) is 0 Å². The Morgan fingerprint density at radius 2 is 1.82 bits per heavy atom. The minimum Gasteiger partial charge on any atom is -0.304 e. The lowest BCUT2D eigenvalue weighted by molar-refractivity contribution is 0.401. The van der Waals surface area contributed by atoms with E-state index in [9.17, 15) is 0 Å². The van der Waals surface area contributed by atoms with Gasteiger partial charge in [0.1, 0.15) is 0 Å². The van der Waals surface area contributed by atoms with Crippen LogP contribution in [0, 0.1) is 0 Å². The van der Waals surface area contributed by atoms with Crippen LogP contribution in [0.5, 0.6) is 0 Å². The molecule has 17 heavy (non-hydrogen) atoms. The number of hydrogen-bond acceptors (Lipinski definition) is 2. The van der Waals surface area contributed by atoms with Crippen LogP contribution < -0.4 is 5.32 Å². The fraction of sp³-hybridized carbons (Fsp3) is 0.286. The summed E-state index contributed by atoms with van der Waals surface area (Å²) < 4.78 is 0. The predicted molar refractivity (Wildman–Crippen MR) is 77.9 cm³/mol. The second-order valence-corrected chi connectivity index (χ2v) is 5.26. The molecule has 0 unspecified atom stereocenters. The molecule has 0 amide bonds. The smallest absolute Gasteiger partial charge is 0.0380 e. The van der Waals surface area contributed by atoms with Gasteiger partial charge in [0, 0.05) is 12.1 Å². The first-order valence-electron chi connectivity index (χ1n) is 5.50. The van der Waals surface area contributed by atoms with Crippen LogP contribution in [-0.2, 0) is 12.1 Å². The predicted octanol–water partition coefficient (Wildman–Crippen LogP) is 4.19. The van der Waals surface area contributed by atoms with Crippen molar-refractivity contribution in [1.82, 2.24) is 5.32 Å². The quantitative estimate of drug-likeness (QED) is 0.876. The Morgan fingerprint density at radius 3 is 2.41 bits per heavy atom. The van der Waals surface area contributed by atoms with Crippen molar-refractivity contribution in [2.75, 3.05) is 0 Å². The molecule has 0 saturated carbocycles. The topological polar surface area (TPSA) is 12.0 Å². The summed E-state index contributed by atoms with van der Waals surface area (Å²) in [6.45, 7) is 5.36. The Kier molecular flexibility index (Phi) is 5.19. The Balaban J connectivity index is 0.00000144. The summed E-state index contributed by atoms with van der Waals surface area (Å²) >= 11 is 1.75. The van der Waals surface area contributed by atoms with Crippen molar-refractivity contribution >= 4 is 23.7 Å². The van der Waals surface area contributed by atoms with E-state index in [-0.39, 0.29) is 17.9 Å². The average Bonchev–Trinajstić information content (AvgIpc) is 2.81. The highest BCUT2D eigenvalue weighted by molar-refractivity contribution is 7.07. The highest BCUT2D eigenvalue weighted by atomic mass is 35.5. The summed E-state index contributed by atoms with van der Waals surface area (Å²) in [5.74, 6) is 0. The fourth-order valence-electron chi connectivity index (χ4n) is 1.67. The Labute approximate surface area is 113 Å². The molecule has 0 aliphatic carbocycles. The van der Waals surface area contributed by atoms with Gasteiger partial charge in [0.05, 0.1) is 0 Å². The van der Waals surface area contributed by atoms with E-state index in [1.165, 1.54) is 11.1 Å². The number of nitrogens with one attached hydrogen (secondary N) is 1. The van der Waals surface area contributed by atoms with E-state index in [4.69, 9.17) is 0 Å². The molecule has 1 aromatic heterocycles. The number of hydrogen-bond donors (Lipinski definition) is 1. The summed E-state index contributed by atoms with van der Waals surface area (Å²) in [5, 5.41) is 7.89. The molecule has 2 rings (SSSR count). The van der Waals surface area contributed by atoms with Gasteiger partial charge in [0.25, 0.3) is 0 Å². The molecular weight excluding hydrogens is 250 g/mol. The van der Waals surface area contributed by atoms with Crippen molar-refractivity contribution in [3.8, 4) is 0 Å². The monoisotopic (exact) mass is 267 g/mol. The third kappa shape index (κ3) is 3.84. The third-order valence-electron chi connectivity index (χ3n) is 2.81. The SMILES string of the molecule is CC(C)(NCc1ccsc1)c1ccccc1.Cl. The summed E-state index contributed by atoms with van der Waals surface area (Å²) in [7, 11) is 0. The summed E-state index contributed by atoms with van der Waals surface area (Å²) in [4.78, 5) is 0. The van der Waals surface area contributed by atoms with Gasteiger partial charge in [-0.15, -0.1) is 12.4 Å². The largest absolute Gasteiger partial charge is 0.304 e. The standard InChI is InChI=1S/C14H17NS.ClH/c1-14(2,13-6-4-3-5-7-13)15-10-12-8-9-16-11-12;/h3-9,11,15H,10H2,1-2H3;1H. The van der Waals surface area contributed by atoms with Gasteiger partial charge >= 0.3 is 0 Å². The highest BCUT2D eigenvalue weighted by Crippen LogP contribution is 2.20. The Bertz CT molecular complexity index is 423. The van der Waals surface area contributed by atoms with Crippen molar-refractivity contribution < 1.29 is 0 Å². The molecule has 1 heterocycles. The van der Waals surface area contributed by atoms with Crippen LogP contribution in [-0.4, -0.2) is 0 Å². The number of rotatable bonds is 4. The first kappa shape index (κ1) is 14.2. The van der Waals surface area contributed by atoms with E-state index in [2.05, 4.69) is 66.3 Å². The second kappa shape index (κ2) is 6.20. The first-order valence-corrected chi connectivity index (χ1v) is 6.44. The maximum absolute atomic E-state index is 3.58. The van der Waals surface area contributed by atoms with E-state index in [0.29, 0.717) is 0 Å². The molecule has 2 aromatic rings. The lowest BCUT2D eigenvalue weighted by atomic mass is 9.94. The fourth-order valence-corrected chi connectivity index (χ4v) is 2.34. The maximum atomic E-state index is 3.58. The Morgan fingerprint density at radius 1 is 1.12 bits per heavy atom. The molecular formula is C14H18ClNS. The molecule has 1 nitrogen and oxygen atoms in total. The van der Waals surface area contributed by atoms with E-state index in [0.717, 1.165) is 6.54 Å². The average molecular weight is 268 g/mol. The van der Waals surface area contributed by atoms with E-state index >= 15 is 0 Å². The molecule has 1 N–H and O–H groups in total. The minimum atomic E-state index is 0. The minimum absolute atomic E-state index is 0. The molecule has 92 valence electrons. The van der Waals surface area contributed by atoms with Crippen molar-refractivity contribution in [3.63, 3.8) is 0 Å². The van der Waals surface area contributed by atoms with Crippen molar-refractivity contribution in [2.24, 2.45) is 0 Å². The van der Waals surface area contributed by atoms with Crippen molar-refractivity contribution in [2.45, 2.75) is 25.9 Å². The maximum Gasteiger partial charge on any atom is 0.0380 e. The summed E-state index contributed by atoms with van der Waals surface area (Å²) in [6, 6.07) is 12.7. The van der Waals surface area contributed by atoms with Gasteiger partial charge in [-0.05, 0) is 41.8 Å². The normalized spacial score (nSPS) is 10.9. The van der Waals surface area contributed by atoms with Gasteiger partial charge in [0.15, 0.2) is 0 Å². The molecule has 0 spiro atoms. The van der Waals surface area contributed by atoms with E-state index < -0.39 is 0 Å². The van der Waals surface area contributed by atoms with Crippen molar-refractivity contribution in [3.05, 3.63) is 58.3 Å².